The fourth-order valence-electron chi connectivity index (χ4n) is 1.92. The number of nitrogens with zero attached hydrogens (tertiary/aromatic N) is 3. The van der Waals surface area contributed by atoms with Crippen LogP contribution in [-0.4, -0.2) is 33.2 Å². The lowest BCUT2D eigenvalue weighted by molar-refractivity contribution is -0.148. The topological polar surface area (TPSA) is 75.2 Å². The number of imide groups is 1. The van der Waals surface area contributed by atoms with Crippen LogP contribution >= 0.6 is 0 Å². The number of hydrogen-bond acceptors (Lipinski definition) is 5. The second-order valence-corrected chi connectivity index (χ2v) is 4.55. The van der Waals surface area contributed by atoms with Gasteiger partial charge in [-0.25, -0.2) is 4.98 Å². The number of rotatable bonds is 5. The lowest BCUT2D eigenvalue weighted by atomic mass is 10.1. The molecular formula is C13H18N4O2. The van der Waals surface area contributed by atoms with E-state index in [4.69, 9.17) is 0 Å². The van der Waals surface area contributed by atoms with E-state index in [1.807, 2.05) is 0 Å². The molecule has 1 aromatic rings. The third-order valence-electron chi connectivity index (χ3n) is 2.96. The number of likely N-dealkylation sites (tertiary alicyclic amines) is 1. The number of amides is 2. The fourth-order valence-corrected chi connectivity index (χ4v) is 1.92. The van der Waals surface area contributed by atoms with Crippen LogP contribution in [0.15, 0.2) is 12.4 Å². The van der Waals surface area contributed by atoms with Crippen LogP contribution in [0.1, 0.15) is 38.3 Å². The minimum absolute atomic E-state index is 0.119. The highest BCUT2D eigenvalue weighted by Crippen LogP contribution is 2.14. The molecule has 1 saturated heterocycles. The molecule has 0 unspecified atom stereocenters. The SMILES string of the molecule is CCCNc1cnc(CN2C(=O)CCCC2=O)cn1. The molecule has 1 aliphatic rings. The van der Waals surface area contributed by atoms with E-state index in [-0.39, 0.29) is 18.4 Å². The first-order valence-electron chi connectivity index (χ1n) is 6.58. The van der Waals surface area contributed by atoms with E-state index in [1.54, 1.807) is 12.4 Å². The van der Waals surface area contributed by atoms with Crippen molar-refractivity contribution in [3.05, 3.63) is 18.1 Å². The van der Waals surface area contributed by atoms with Gasteiger partial charge < -0.3 is 5.32 Å². The normalized spacial score (nSPS) is 15.7. The highest BCUT2D eigenvalue weighted by atomic mass is 16.2. The molecule has 2 amide bonds. The minimum atomic E-state index is -0.119. The standard InChI is InChI=1S/C13H18N4O2/c1-2-6-14-11-8-15-10(7-16-11)9-17-12(18)4-3-5-13(17)19/h7-8H,2-6,9H2,1H3,(H,14,16). The Balaban J connectivity index is 1.98. The molecule has 2 heterocycles. The van der Waals surface area contributed by atoms with Crippen molar-refractivity contribution < 1.29 is 9.59 Å². The lowest BCUT2D eigenvalue weighted by Crippen LogP contribution is -2.39. The third kappa shape index (κ3) is 3.49. The van der Waals surface area contributed by atoms with Gasteiger partial charge in [-0.1, -0.05) is 6.92 Å². The van der Waals surface area contributed by atoms with Gasteiger partial charge in [-0.15, -0.1) is 0 Å². The van der Waals surface area contributed by atoms with Crippen LogP contribution in [0.5, 0.6) is 0 Å². The smallest absolute Gasteiger partial charge is 0.229 e. The second-order valence-electron chi connectivity index (χ2n) is 4.55. The third-order valence-corrected chi connectivity index (χ3v) is 2.96. The van der Waals surface area contributed by atoms with E-state index in [0.717, 1.165) is 13.0 Å². The van der Waals surface area contributed by atoms with Crippen LogP contribution in [0.3, 0.4) is 0 Å². The molecule has 0 atom stereocenters. The summed E-state index contributed by atoms with van der Waals surface area (Å²) in [5.41, 5.74) is 0.630. The van der Waals surface area contributed by atoms with Crippen molar-refractivity contribution in [2.45, 2.75) is 39.2 Å². The molecule has 6 heteroatoms. The molecule has 0 aliphatic carbocycles. The van der Waals surface area contributed by atoms with Gasteiger partial charge in [0.25, 0.3) is 0 Å². The Labute approximate surface area is 112 Å². The Bertz CT molecular complexity index is 442. The van der Waals surface area contributed by atoms with Crippen molar-refractivity contribution >= 4 is 17.6 Å². The largest absolute Gasteiger partial charge is 0.369 e. The number of anilines is 1. The molecule has 1 N–H and O–H groups in total. The summed E-state index contributed by atoms with van der Waals surface area (Å²) in [4.78, 5) is 33.0. The maximum absolute atomic E-state index is 11.7. The van der Waals surface area contributed by atoms with Crippen LogP contribution in [0.2, 0.25) is 0 Å². The van der Waals surface area contributed by atoms with Crippen molar-refractivity contribution in [1.29, 1.82) is 0 Å². The van der Waals surface area contributed by atoms with Gasteiger partial charge in [0, 0.05) is 19.4 Å². The number of piperidine rings is 1. The Morgan fingerprint density at radius 3 is 2.53 bits per heavy atom. The van der Waals surface area contributed by atoms with Crippen molar-refractivity contribution in [3.8, 4) is 0 Å². The van der Waals surface area contributed by atoms with Crippen molar-refractivity contribution in [1.82, 2.24) is 14.9 Å². The van der Waals surface area contributed by atoms with E-state index < -0.39 is 0 Å². The molecule has 2 rings (SSSR count). The molecule has 0 spiro atoms. The zero-order valence-electron chi connectivity index (χ0n) is 11.1. The molecule has 0 aromatic carbocycles. The summed E-state index contributed by atoms with van der Waals surface area (Å²) in [5, 5.41) is 3.12. The Kier molecular flexibility index (Phi) is 4.43. The molecule has 1 aromatic heterocycles. The first-order valence-corrected chi connectivity index (χ1v) is 6.58. The van der Waals surface area contributed by atoms with Crippen molar-refractivity contribution in [3.63, 3.8) is 0 Å². The van der Waals surface area contributed by atoms with Crippen LogP contribution in [-0.2, 0) is 16.1 Å². The number of carbonyl (C=O) groups excluding carboxylic acids is 2. The summed E-state index contributed by atoms with van der Waals surface area (Å²) in [5.74, 6) is 0.472. The fraction of sp³-hybridized carbons (Fsp3) is 0.538. The van der Waals surface area contributed by atoms with E-state index in [2.05, 4.69) is 22.2 Å². The summed E-state index contributed by atoms with van der Waals surface area (Å²) < 4.78 is 0. The molecular weight excluding hydrogens is 244 g/mol. The molecule has 0 bridgehead atoms. The van der Waals surface area contributed by atoms with Gasteiger partial charge >= 0.3 is 0 Å². The highest BCUT2D eigenvalue weighted by Gasteiger charge is 2.26. The lowest BCUT2D eigenvalue weighted by Gasteiger charge is -2.24. The zero-order chi connectivity index (χ0) is 13.7. The summed E-state index contributed by atoms with van der Waals surface area (Å²) >= 11 is 0. The van der Waals surface area contributed by atoms with Gasteiger partial charge in [0.05, 0.1) is 24.6 Å². The quantitative estimate of drug-likeness (QED) is 0.810. The van der Waals surface area contributed by atoms with E-state index in [0.29, 0.717) is 30.8 Å². The maximum Gasteiger partial charge on any atom is 0.229 e. The van der Waals surface area contributed by atoms with Gasteiger partial charge in [-0.3, -0.25) is 19.5 Å². The van der Waals surface area contributed by atoms with Crippen LogP contribution in [0.25, 0.3) is 0 Å². The molecule has 0 saturated carbocycles. The maximum atomic E-state index is 11.7. The first-order chi connectivity index (χ1) is 9.20. The van der Waals surface area contributed by atoms with Gasteiger partial charge in [-0.05, 0) is 12.8 Å². The van der Waals surface area contributed by atoms with Crippen LogP contribution in [0, 0.1) is 0 Å². The van der Waals surface area contributed by atoms with Gasteiger partial charge in [0.1, 0.15) is 5.82 Å². The Hall–Kier alpha value is -1.98. The average Bonchev–Trinajstić information content (AvgIpc) is 2.42. The molecule has 6 nitrogen and oxygen atoms in total. The second kappa shape index (κ2) is 6.26. The summed E-state index contributed by atoms with van der Waals surface area (Å²) in [6.07, 6.45) is 5.78. The minimum Gasteiger partial charge on any atom is -0.369 e. The van der Waals surface area contributed by atoms with Gasteiger partial charge in [0.15, 0.2) is 0 Å². The summed E-state index contributed by atoms with van der Waals surface area (Å²) in [6, 6.07) is 0. The molecule has 0 radical (unpaired) electrons. The average molecular weight is 262 g/mol. The van der Waals surface area contributed by atoms with E-state index in [1.165, 1.54) is 4.90 Å². The number of nitrogens with one attached hydrogen (secondary N) is 1. The molecule has 19 heavy (non-hydrogen) atoms. The highest BCUT2D eigenvalue weighted by molar-refractivity contribution is 5.97. The molecule has 102 valence electrons. The van der Waals surface area contributed by atoms with Crippen LogP contribution < -0.4 is 5.32 Å². The van der Waals surface area contributed by atoms with Crippen molar-refractivity contribution in [2.75, 3.05) is 11.9 Å². The number of hydrogen-bond donors (Lipinski definition) is 1. The van der Waals surface area contributed by atoms with Crippen molar-refractivity contribution in [2.24, 2.45) is 0 Å². The first kappa shape index (κ1) is 13.5. The van der Waals surface area contributed by atoms with Crippen LogP contribution in [0.4, 0.5) is 5.82 Å². The summed E-state index contributed by atoms with van der Waals surface area (Å²) in [6.45, 7) is 3.14. The van der Waals surface area contributed by atoms with Gasteiger partial charge in [0.2, 0.25) is 11.8 Å². The number of aromatic nitrogens is 2. The number of carbonyl (C=O) groups is 2. The summed E-state index contributed by atoms with van der Waals surface area (Å²) in [7, 11) is 0. The molecule has 1 aliphatic heterocycles. The van der Waals surface area contributed by atoms with E-state index in [9.17, 15) is 9.59 Å². The predicted octanol–water partition coefficient (Wildman–Crippen LogP) is 1.34. The predicted molar refractivity (Wildman–Crippen MR) is 70.2 cm³/mol. The Morgan fingerprint density at radius 1 is 1.21 bits per heavy atom. The Morgan fingerprint density at radius 2 is 1.95 bits per heavy atom. The zero-order valence-corrected chi connectivity index (χ0v) is 11.1. The van der Waals surface area contributed by atoms with E-state index >= 15 is 0 Å². The monoisotopic (exact) mass is 262 g/mol. The van der Waals surface area contributed by atoms with Gasteiger partial charge in [-0.2, -0.15) is 0 Å². The molecule has 1 fully saturated rings.